The molecule has 0 aliphatic carbocycles. The molecule has 1 saturated heterocycles. The van der Waals surface area contributed by atoms with Gasteiger partial charge in [-0.1, -0.05) is 0 Å². The van der Waals surface area contributed by atoms with Crippen LogP contribution < -0.4 is 0 Å². The Bertz CT molecular complexity index is 215. The van der Waals surface area contributed by atoms with Crippen molar-refractivity contribution in [1.29, 1.82) is 0 Å². The molecule has 1 fully saturated rings. The minimum absolute atomic E-state index is 0.436. The third-order valence-electron chi connectivity index (χ3n) is 0.648. The molecule has 1 unspecified atom stereocenters. The van der Waals surface area contributed by atoms with E-state index in [0.29, 0.717) is 0 Å². The molecule has 1 aliphatic heterocycles. The van der Waals surface area contributed by atoms with Gasteiger partial charge < -0.3 is 0 Å². The summed E-state index contributed by atoms with van der Waals surface area (Å²) in [5, 5.41) is -0.563. The second-order valence-electron chi connectivity index (χ2n) is 1.33. The zero-order valence-electron chi connectivity index (χ0n) is 4.27. The molecule has 0 spiro atoms. The van der Waals surface area contributed by atoms with E-state index < -0.39 is 33.1 Å². The molecule has 0 saturated carbocycles. The third-order valence-corrected chi connectivity index (χ3v) is 3.39. The zero-order valence-corrected chi connectivity index (χ0v) is 5.90. The van der Waals surface area contributed by atoms with Gasteiger partial charge in [-0.2, -0.15) is 8.42 Å². The highest BCUT2D eigenvalue weighted by Gasteiger charge is 2.22. The quantitative estimate of drug-likeness (QED) is 0.436. The van der Waals surface area contributed by atoms with Crippen molar-refractivity contribution in [2.75, 3.05) is 11.9 Å². The Hall–Kier alpha value is 0.0200. The Morgan fingerprint density at radius 3 is 2.44 bits per heavy atom. The van der Waals surface area contributed by atoms with Crippen LogP contribution in [0.1, 0.15) is 0 Å². The summed E-state index contributed by atoms with van der Waals surface area (Å²) in [5.41, 5.74) is 0. The highest BCUT2D eigenvalue weighted by atomic mass is 32.3. The minimum atomic E-state index is -3.56. The summed E-state index contributed by atoms with van der Waals surface area (Å²) in [6, 6.07) is 0. The largest absolute Gasteiger partial charge is 0.284 e. The lowest BCUT2D eigenvalue weighted by Gasteiger charge is -2.09. The van der Waals surface area contributed by atoms with E-state index in [-0.39, 0.29) is 0 Å². The van der Waals surface area contributed by atoms with Gasteiger partial charge in [0.2, 0.25) is 0 Å². The fourth-order valence-electron chi connectivity index (χ4n) is 0.333. The molecule has 9 heavy (non-hydrogen) atoms. The second kappa shape index (κ2) is 2.33. The van der Waals surface area contributed by atoms with E-state index in [1.165, 1.54) is 0 Å². The normalized spacial score (nSPS) is 34.0. The van der Waals surface area contributed by atoms with E-state index >= 15 is 0 Å². The average molecular weight is 172 g/mol. The van der Waals surface area contributed by atoms with Crippen LogP contribution in [0.3, 0.4) is 0 Å². The predicted octanol–water partition coefficient (Wildman–Crippen LogP) is -1.06. The van der Waals surface area contributed by atoms with Crippen LogP contribution >= 0.6 is 0 Å². The van der Waals surface area contributed by atoms with Crippen LogP contribution in [0.2, 0.25) is 0 Å². The van der Waals surface area contributed by atoms with E-state index in [4.69, 9.17) is 0 Å². The third kappa shape index (κ3) is 2.01. The molecule has 0 aromatic carbocycles. The Morgan fingerprint density at radius 1 is 1.44 bits per heavy atom. The molecular formula is C2H4O5S2. The molecule has 0 radical (unpaired) electrons. The van der Waals surface area contributed by atoms with Crippen LogP contribution in [0.25, 0.3) is 0 Å². The van der Waals surface area contributed by atoms with Gasteiger partial charge in [0.05, 0.1) is 0 Å². The van der Waals surface area contributed by atoms with Gasteiger partial charge in [-0.15, -0.1) is 0 Å². The van der Waals surface area contributed by atoms with Gasteiger partial charge >= 0.3 is 0 Å². The number of hydrogen-bond donors (Lipinski definition) is 0. The molecule has 1 heterocycles. The lowest BCUT2D eigenvalue weighted by Crippen LogP contribution is -2.24. The highest BCUT2D eigenvalue weighted by molar-refractivity contribution is 8.01. The first kappa shape index (κ1) is 7.13. The topological polar surface area (TPSA) is 69.7 Å². The van der Waals surface area contributed by atoms with Crippen LogP contribution in [0.15, 0.2) is 0 Å². The summed E-state index contributed by atoms with van der Waals surface area (Å²) in [7, 11) is -3.56. The van der Waals surface area contributed by atoms with E-state index in [9.17, 15) is 12.6 Å². The molecule has 0 bridgehead atoms. The van der Waals surface area contributed by atoms with Gasteiger partial charge in [0, 0.05) is 0 Å². The summed E-state index contributed by atoms with van der Waals surface area (Å²) >= 11 is -1.72. The van der Waals surface area contributed by atoms with Crippen LogP contribution in [0.4, 0.5) is 0 Å². The molecule has 1 rings (SSSR count). The van der Waals surface area contributed by atoms with Crippen molar-refractivity contribution in [2.45, 2.75) is 0 Å². The summed E-state index contributed by atoms with van der Waals surface area (Å²) < 4.78 is 39.4. The molecule has 1 aliphatic rings. The minimum Gasteiger partial charge on any atom is -0.260 e. The predicted molar refractivity (Wildman–Crippen MR) is 29.0 cm³/mol. The molecule has 7 heteroatoms. The summed E-state index contributed by atoms with van der Waals surface area (Å²) in [6.07, 6.45) is 0. The first-order valence-electron chi connectivity index (χ1n) is 1.99. The van der Waals surface area contributed by atoms with Gasteiger partial charge in [-0.3, -0.25) is 4.18 Å². The molecule has 54 valence electrons. The molecule has 0 amide bonds. The van der Waals surface area contributed by atoms with E-state index in [1.807, 2.05) is 0 Å². The van der Waals surface area contributed by atoms with E-state index in [2.05, 4.69) is 8.37 Å². The molecular weight excluding hydrogens is 168 g/mol. The van der Waals surface area contributed by atoms with E-state index in [0.717, 1.165) is 0 Å². The van der Waals surface area contributed by atoms with Crippen molar-refractivity contribution in [3.05, 3.63) is 0 Å². The molecule has 0 aromatic heterocycles. The molecule has 5 nitrogen and oxygen atoms in total. The smallest absolute Gasteiger partial charge is 0.260 e. The van der Waals surface area contributed by atoms with Gasteiger partial charge in [-0.05, 0) is 0 Å². The van der Waals surface area contributed by atoms with Crippen molar-refractivity contribution in [1.82, 2.24) is 0 Å². The maximum atomic E-state index is 10.4. The lowest BCUT2D eigenvalue weighted by molar-refractivity contribution is 0.134. The standard InChI is InChI=1S/C2H4O5S2/c3-8-2-9(4,5)7-1-6-8/h1-2H2. The maximum Gasteiger partial charge on any atom is 0.284 e. The number of hydrogen-bond acceptors (Lipinski definition) is 5. The lowest BCUT2D eigenvalue weighted by atomic mass is 11.6. The Balaban J connectivity index is 2.73. The second-order valence-corrected chi connectivity index (χ2v) is 4.47. The zero-order chi connectivity index (χ0) is 6.91. The maximum absolute atomic E-state index is 10.4. The fourth-order valence-corrected chi connectivity index (χ4v) is 2.23. The van der Waals surface area contributed by atoms with Crippen molar-refractivity contribution >= 4 is 21.2 Å². The Morgan fingerprint density at radius 2 is 2.11 bits per heavy atom. The first-order valence-corrected chi connectivity index (χ1v) is 4.81. The average Bonchev–Trinajstić information content (AvgIpc) is 1.60. The summed E-state index contributed by atoms with van der Waals surface area (Å²) in [5.74, 6) is 0. The van der Waals surface area contributed by atoms with Crippen LogP contribution in [0.5, 0.6) is 0 Å². The fraction of sp³-hybridized carbons (Fsp3) is 1.00. The van der Waals surface area contributed by atoms with Gasteiger partial charge in [0.1, 0.15) is 0 Å². The van der Waals surface area contributed by atoms with E-state index in [1.54, 1.807) is 0 Å². The molecule has 0 aromatic rings. The van der Waals surface area contributed by atoms with Crippen LogP contribution in [0, 0.1) is 0 Å². The van der Waals surface area contributed by atoms with Gasteiger partial charge in [0.15, 0.2) is 23.0 Å². The SMILES string of the molecule is O=S1CS(=O)(=O)OCO1. The highest BCUT2D eigenvalue weighted by Crippen LogP contribution is 2.04. The Labute approximate surface area is 54.7 Å². The summed E-state index contributed by atoms with van der Waals surface area (Å²) in [4.78, 5) is 0. The first-order chi connectivity index (χ1) is 4.10. The van der Waals surface area contributed by atoms with Crippen molar-refractivity contribution < 1.29 is 21.0 Å². The molecule has 0 N–H and O–H groups in total. The monoisotopic (exact) mass is 172 g/mol. The Kier molecular flexibility index (Phi) is 1.85. The van der Waals surface area contributed by atoms with Crippen molar-refractivity contribution in [3.8, 4) is 0 Å². The van der Waals surface area contributed by atoms with Crippen molar-refractivity contribution in [2.24, 2.45) is 0 Å². The van der Waals surface area contributed by atoms with Crippen LogP contribution in [-0.2, 0) is 29.6 Å². The molecule has 1 atom stereocenters. The van der Waals surface area contributed by atoms with Gasteiger partial charge in [-0.25, -0.2) is 8.39 Å². The number of rotatable bonds is 0. The van der Waals surface area contributed by atoms with Gasteiger partial charge in [0.25, 0.3) is 10.1 Å². The summed E-state index contributed by atoms with van der Waals surface area (Å²) in [6.45, 7) is -0.436. The van der Waals surface area contributed by atoms with Crippen LogP contribution in [-0.4, -0.2) is 24.5 Å². The van der Waals surface area contributed by atoms with Crippen molar-refractivity contribution in [3.63, 3.8) is 0 Å².